The molecule has 2 aromatic rings. The number of aromatic nitrogens is 2. The number of ketones is 1. The zero-order valence-electron chi connectivity index (χ0n) is 14.2. The van der Waals surface area contributed by atoms with Crippen LogP contribution in [-0.2, 0) is 6.54 Å². The summed E-state index contributed by atoms with van der Waals surface area (Å²) in [6, 6.07) is 5.52. The first-order chi connectivity index (χ1) is 12.2. The molecule has 0 unspecified atom stereocenters. The minimum atomic E-state index is -0.927. The monoisotopic (exact) mass is 362 g/mol. The third kappa shape index (κ3) is 3.97. The lowest BCUT2D eigenvalue weighted by molar-refractivity contribution is -0.385. The van der Waals surface area contributed by atoms with Crippen molar-refractivity contribution in [2.75, 3.05) is 12.3 Å². The fourth-order valence-electron chi connectivity index (χ4n) is 2.35. The van der Waals surface area contributed by atoms with Crippen LogP contribution in [0.1, 0.15) is 24.2 Å². The molecule has 0 spiro atoms. The molecule has 3 N–H and O–H groups in total. The highest BCUT2D eigenvalue weighted by Crippen LogP contribution is 2.25. The number of ether oxygens (including phenoxy) is 1. The van der Waals surface area contributed by atoms with E-state index < -0.39 is 34.1 Å². The molecule has 10 heteroatoms. The normalized spacial score (nSPS) is 10.7. The average molecular weight is 362 g/mol. The van der Waals surface area contributed by atoms with Crippen LogP contribution in [-0.4, -0.2) is 26.9 Å². The number of rotatable bonds is 7. The second kappa shape index (κ2) is 7.64. The number of anilines is 1. The van der Waals surface area contributed by atoms with E-state index in [0.717, 1.165) is 4.57 Å². The van der Waals surface area contributed by atoms with Gasteiger partial charge in [0.15, 0.2) is 12.4 Å². The molecule has 0 atom stereocenters. The van der Waals surface area contributed by atoms with E-state index in [2.05, 4.69) is 0 Å². The van der Waals surface area contributed by atoms with Crippen molar-refractivity contribution in [2.45, 2.75) is 20.4 Å². The highest BCUT2D eigenvalue weighted by Gasteiger charge is 2.22. The van der Waals surface area contributed by atoms with Crippen LogP contribution in [0.4, 0.5) is 11.5 Å². The summed E-state index contributed by atoms with van der Waals surface area (Å²) < 4.78 is 6.29. The van der Waals surface area contributed by atoms with Crippen LogP contribution < -0.4 is 21.7 Å². The number of hydrogen-bond donors (Lipinski definition) is 2. The molecule has 1 aromatic heterocycles. The Balaban J connectivity index is 2.32. The largest absolute Gasteiger partial charge is 0.478 e. The summed E-state index contributed by atoms with van der Waals surface area (Å²) in [5, 5.41) is 11.0. The van der Waals surface area contributed by atoms with Gasteiger partial charge in [0.05, 0.1) is 4.92 Å². The van der Waals surface area contributed by atoms with Gasteiger partial charge in [-0.05, 0) is 12.0 Å². The quantitative estimate of drug-likeness (QED) is 0.422. The molecule has 1 aromatic carbocycles. The number of H-pyrrole nitrogens is 1. The molecule has 1 heterocycles. The van der Waals surface area contributed by atoms with Crippen molar-refractivity contribution in [1.82, 2.24) is 9.55 Å². The fourth-order valence-corrected chi connectivity index (χ4v) is 2.35. The maximum absolute atomic E-state index is 12.4. The predicted octanol–water partition coefficient (Wildman–Crippen LogP) is 0.945. The van der Waals surface area contributed by atoms with Gasteiger partial charge in [0.1, 0.15) is 11.4 Å². The summed E-state index contributed by atoms with van der Waals surface area (Å²) in [7, 11) is 0. The van der Waals surface area contributed by atoms with Crippen molar-refractivity contribution in [3.8, 4) is 5.75 Å². The molecule has 0 aliphatic rings. The van der Waals surface area contributed by atoms with Crippen LogP contribution in [0.2, 0.25) is 0 Å². The highest BCUT2D eigenvalue weighted by atomic mass is 16.6. The molecule has 0 aliphatic carbocycles. The first kappa shape index (κ1) is 18.9. The number of aromatic amines is 1. The number of nitrogen functional groups attached to an aromatic ring is 1. The van der Waals surface area contributed by atoms with Gasteiger partial charge in [-0.1, -0.05) is 26.0 Å². The minimum Gasteiger partial charge on any atom is -0.478 e. The van der Waals surface area contributed by atoms with Gasteiger partial charge in [-0.25, -0.2) is 4.79 Å². The molecule has 2 rings (SSSR count). The maximum atomic E-state index is 12.4. The van der Waals surface area contributed by atoms with E-state index in [0.29, 0.717) is 0 Å². The van der Waals surface area contributed by atoms with Crippen LogP contribution in [0.25, 0.3) is 0 Å². The Morgan fingerprint density at radius 3 is 2.62 bits per heavy atom. The lowest BCUT2D eigenvalue weighted by Crippen LogP contribution is -2.38. The molecule has 0 saturated heterocycles. The Morgan fingerprint density at radius 2 is 2.00 bits per heavy atom. The molecule has 0 saturated carbocycles. The summed E-state index contributed by atoms with van der Waals surface area (Å²) in [6.45, 7) is 3.26. The number of Topliss-reactive ketones (excluding diaryl/α,β-unsaturated/α-hetero) is 1. The molecule has 0 aliphatic heterocycles. The first-order valence-electron chi connectivity index (χ1n) is 7.74. The van der Waals surface area contributed by atoms with Crippen LogP contribution in [0.5, 0.6) is 5.75 Å². The lowest BCUT2D eigenvalue weighted by atomic mass is 10.2. The Hall–Kier alpha value is -3.43. The summed E-state index contributed by atoms with van der Waals surface area (Å²) in [5.41, 5.74) is 3.48. The number of nitrogens with zero attached hydrogens (tertiary/aromatic N) is 2. The molecule has 10 nitrogen and oxygen atoms in total. The van der Waals surface area contributed by atoms with Crippen molar-refractivity contribution in [3.05, 3.63) is 60.8 Å². The molecule has 0 radical (unpaired) electrons. The maximum Gasteiger partial charge on any atom is 0.329 e. The third-order valence-electron chi connectivity index (χ3n) is 3.49. The summed E-state index contributed by atoms with van der Waals surface area (Å²) in [6.07, 6.45) is 0. The topological polar surface area (TPSA) is 150 Å². The van der Waals surface area contributed by atoms with Crippen LogP contribution in [0.15, 0.2) is 33.9 Å². The SMILES string of the molecule is CC(C)Cn1c(N)c(C(=O)COc2ccccc2[N+](=O)[O-])c(=O)[nH]c1=O. The molecule has 0 fully saturated rings. The van der Waals surface area contributed by atoms with Gasteiger partial charge in [0.25, 0.3) is 5.56 Å². The number of nitro groups is 1. The van der Waals surface area contributed by atoms with Gasteiger partial charge in [0, 0.05) is 12.6 Å². The van der Waals surface area contributed by atoms with Crippen molar-refractivity contribution in [1.29, 1.82) is 0 Å². The van der Waals surface area contributed by atoms with E-state index in [1.54, 1.807) is 0 Å². The van der Waals surface area contributed by atoms with Crippen molar-refractivity contribution in [3.63, 3.8) is 0 Å². The Labute approximate surface area is 147 Å². The molecule has 0 bridgehead atoms. The summed E-state index contributed by atoms with van der Waals surface area (Å²) >= 11 is 0. The molecule has 26 heavy (non-hydrogen) atoms. The fraction of sp³-hybridized carbons (Fsp3) is 0.312. The number of nitrogens with two attached hydrogens (primary N) is 1. The number of benzene rings is 1. The van der Waals surface area contributed by atoms with E-state index in [4.69, 9.17) is 10.5 Å². The predicted molar refractivity (Wildman–Crippen MR) is 93.5 cm³/mol. The van der Waals surface area contributed by atoms with Crippen molar-refractivity contribution in [2.24, 2.45) is 5.92 Å². The van der Waals surface area contributed by atoms with Gasteiger partial charge < -0.3 is 10.5 Å². The van der Waals surface area contributed by atoms with Crippen LogP contribution in [0.3, 0.4) is 0 Å². The number of nitro benzene ring substituents is 1. The number of para-hydroxylation sites is 2. The van der Waals surface area contributed by atoms with E-state index in [-0.39, 0.29) is 29.7 Å². The molecular weight excluding hydrogens is 344 g/mol. The zero-order valence-corrected chi connectivity index (χ0v) is 14.2. The van der Waals surface area contributed by atoms with Gasteiger partial charge in [-0.2, -0.15) is 0 Å². The van der Waals surface area contributed by atoms with Gasteiger partial charge in [-0.3, -0.25) is 29.3 Å². The van der Waals surface area contributed by atoms with Crippen molar-refractivity contribution < 1.29 is 14.5 Å². The van der Waals surface area contributed by atoms with Gasteiger partial charge in [-0.15, -0.1) is 0 Å². The number of carbonyl (C=O) groups excluding carboxylic acids is 1. The van der Waals surface area contributed by atoms with Gasteiger partial charge >= 0.3 is 11.4 Å². The van der Waals surface area contributed by atoms with E-state index in [9.17, 15) is 24.5 Å². The second-order valence-corrected chi connectivity index (χ2v) is 5.96. The summed E-state index contributed by atoms with van der Waals surface area (Å²) in [4.78, 5) is 48.6. The average Bonchev–Trinajstić information content (AvgIpc) is 2.56. The zero-order chi connectivity index (χ0) is 19.4. The number of hydrogen-bond acceptors (Lipinski definition) is 7. The van der Waals surface area contributed by atoms with Gasteiger partial charge in [0.2, 0.25) is 5.78 Å². The molecule has 0 amide bonds. The van der Waals surface area contributed by atoms with Crippen LogP contribution >= 0.6 is 0 Å². The van der Waals surface area contributed by atoms with E-state index >= 15 is 0 Å². The molecule has 138 valence electrons. The third-order valence-corrected chi connectivity index (χ3v) is 3.49. The van der Waals surface area contributed by atoms with Crippen molar-refractivity contribution >= 4 is 17.3 Å². The number of carbonyl (C=O) groups is 1. The smallest absolute Gasteiger partial charge is 0.329 e. The van der Waals surface area contributed by atoms with Crippen LogP contribution in [0, 0.1) is 16.0 Å². The van der Waals surface area contributed by atoms with E-state index in [1.807, 2.05) is 18.8 Å². The standard InChI is InChI=1S/C16H18N4O6/c1-9(2)7-19-14(17)13(15(22)18-16(19)23)11(21)8-26-12-6-4-3-5-10(12)20(24)25/h3-6,9H,7-8,17H2,1-2H3,(H,18,22,23). The first-order valence-corrected chi connectivity index (χ1v) is 7.74. The highest BCUT2D eigenvalue weighted by molar-refractivity contribution is 6.00. The lowest BCUT2D eigenvalue weighted by Gasteiger charge is -2.14. The Bertz CT molecular complexity index is 960. The number of nitrogens with one attached hydrogen (secondary N) is 1. The second-order valence-electron chi connectivity index (χ2n) is 5.96. The Kier molecular flexibility index (Phi) is 5.55. The van der Waals surface area contributed by atoms with E-state index in [1.165, 1.54) is 24.3 Å². The molecular formula is C16H18N4O6. The summed E-state index contributed by atoms with van der Waals surface area (Å²) in [5.74, 6) is -1.12. The Morgan fingerprint density at radius 1 is 1.35 bits per heavy atom. The minimum absolute atomic E-state index is 0.0482.